The van der Waals surface area contributed by atoms with E-state index in [1.165, 1.54) is 0 Å². The summed E-state index contributed by atoms with van der Waals surface area (Å²) in [7, 11) is 1.80. The molecule has 0 aliphatic rings. The summed E-state index contributed by atoms with van der Waals surface area (Å²) in [6.07, 6.45) is 4.97. The predicted octanol–water partition coefficient (Wildman–Crippen LogP) is 1.84. The Bertz CT molecular complexity index is 712. The van der Waals surface area contributed by atoms with Gasteiger partial charge in [-0.25, -0.2) is 9.67 Å². The molecule has 0 aliphatic heterocycles. The van der Waals surface area contributed by atoms with E-state index in [9.17, 15) is 4.79 Å². The van der Waals surface area contributed by atoms with Gasteiger partial charge in [-0.2, -0.15) is 5.10 Å². The van der Waals surface area contributed by atoms with Crippen LogP contribution in [0.25, 0.3) is 5.69 Å². The van der Waals surface area contributed by atoms with Gasteiger partial charge in [-0.15, -0.1) is 0 Å². The van der Waals surface area contributed by atoms with Crippen LogP contribution in [0.5, 0.6) is 0 Å². The number of aromatic nitrogens is 4. The summed E-state index contributed by atoms with van der Waals surface area (Å²) in [4.78, 5) is 16.5. The van der Waals surface area contributed by atoms with Gasteiger partial charge in [-0.05, 0) is 18.2 Å². The quantitative estimate of drug-likeness (QED) is 0.668. The number of hydrogen-bond donors (Lipinski definition) is 0. The number of aryl methyl sites for hydroxylation is 1. The van der Waals surface area contributed by atoms with Crippen LogP contribution < -0.4 is 0 Å². The largest absolute Gasteiger partial charge is 0.331 e. The van der Waals surface area contributed by atoms with Crippen molar-refractivity contribution < 1.29 is 4.79 Å². The zero-order valence-electron chi connectivity index (χ0n) is 10.4. The minimum Gasteiger partial charge on any atom is -0.331 e. The van der Waals surface area contributed by atoms with Gasteiger partial charge < -0.3 is 4.57 Å². The summed E-state index contributed by atoms with van der Waals surface area (Å²) in [5.41, 5.74) is 1.35. The molecule has 2 aromatic heterocycles. The van der Waals surface area contributed by atoms with Crippen LogP contribution in [0.1, 0.15) is 16.3 Å². The van der Waals surface area contributed by atoms with Crippen molar-refractivity contribution in [2.45, 2.75) is 0 Å². The Labute approximate surface area is 110 Å². The van der Waals surface area contributed by atoms with Crippen molar-refractivity contribution in [3.8, 4) is 5.69 Å². The average Bonchev–Trinajstić information content (AvgIpc) is 3.07. The number of rotatable bonds is 3. The van der Waals surface area contributed by atoms with Crippen molar-refractivity contribution in [3.05, 3.63) is 66.5 Å². The van der Waals surface area contributed by atoms with Gasteiger partial charge in [0.25, 0.3) is 0 Å². The van der Waals surface area contributed by atoms with Gasteiger partial charge in [0.15, 0.2) is 5.82 Å². The highest BCUT2D eigenvalue weighted by Crippen LogP contribution is 2.13. The van der Waals surface area contributed by atoms with E-state index in [-0.39, 0.29) is 5.78 Å². The van der Waals surface area contributed by atoms with Gasteiger partial charge in [0.1, 0.15) is 5.69 Å². The van der Waals surface area contributed by atoms with Gasteiger partial charge >= 0.3 is 0 Å². The molecule has 0 amide bonds. The molecule has 5 nitrogen and oxygen atoms in total. The molecule has 1 aromatic carbocycles. The fourth-order valence-electron chi connectivity index (χ4n) is 1.95. The molecule has 0 atom stereocenters. The Hall–Kier alpha value is -2.69. The minimum absolute atomic E-state index is 0.145. The number of benzene rings is 1. The van der Waals surface area contributed by atoms with Crippen LogP contribution in [0, 0.1) is 0 Å². The normalized spacial score (nSPS) is 10.6. The minimum atomic E-state index is -0.145. The van der Waals surface area contributed by atoms with E-state index in [2.05, 4.69) is 10.1 Å². The predicted molar refractivity (Wildman–Crippen MR) is 70.2 cm³/mol. The average molecular weight is 252 g/mol. The smallest absolute Gasteiger partial charge is 0.246 e. The third kappa shape index (κ3) is 1.95. The molecule has 5 heteroatoms. The van der Waals surface area contributed by atoms with Gasteiger partial charge in [-0.1, -0.05) is 18.2 Å². The molecule has 0 fully saturated rings. The molecular formula is C14H12N4O. The number of carbonyl (C=O) groups excluding carboxylic acids is 1. The topological polar surface area (TPSA) is 52.7 Å². The highest BCUT2D eigenvalue weighted by molar-refractivity contribution is 6.05. The Morgan fingerprint density at radius 3 is 2.58 bits per heavy atom. The van der Waals surface area contributed by atoms with Crippen molar-refractivity contribution in [1.29, 1.82) is 0 Å². The maximum absolute atomic E-state index is 12.4. The number of ketones is 1. The SMILES string of the molecule is Cn1ccnc1C(=O)c1ccnn1-c1ccccc1. The molecule has 0 bridgehead atoms. The maximum Gasteiger partial charge on any atom is 0.246 e. The first-order valence-electron chi connectivity index (χ1n) is 5.89. The van der Waals surface area contributed by atoms with Crippen LogP contribution in [-0.2, 0) is 7.05 Å². The summed E-state index contributed by atoms with van der Waals surface area (Å²) in [5, 5.41) is 4.21. The molecule has 0 saturated carbocycles. The molecule has 0 aliphatic carbocycles. The highest BCUT2D eigenvalue weighted by atomic mass is 16.1. The fourth-order valence-corrected chi connectivity index (χ4v) is 1.95. The molecule has 0 unspecified atom stereocenters. The standard InChI is InChI=1S/C14H12N4O/c1-17-10-9-15-14(17)13(19)12-7-8-16-18(12)11-5-3-2-4-6-11/h2-10H,1H3. The molecule has 19 heavy (non-hydrogen) atoms. The summed E-state index contributed by atoms with van der Waals surface area (Å²) < 4.78 is 3.32. The Morgan fingerprint density at radius 1 is 1.11 bits per heavy atom. The Balaban J connectivity index is 2.06. The lowest BCUT2D eigenvalue weighted by Gasteiger charge is -2.06. The number of para-hydroxylation sites is 1. The van der Waals surface area contributed by atoms with Crippen LogP contribution in [0.3, 0.4) is 0 Å². The third-order valence-corrected chi connectivity index (χ3v) is 2.90. The van der Waals surface area contributed by atoms with Crippen molar-refractivity contribution >= 4 is 5.78 Å². The van der Waals surface area contributed by atoms with Crippen molar-refractivity contribution in [3.63, 3.8) is 0 Å². The second-order valence-electron chi connectivity index (χ2n) is 4.15. The molecule has 94 valence electrons. The first-order valence-corrected chi connectivity index (χ1v) is 5.89. The summed E-state index contributed by atoms with van der Waals surface area (Å²) in [6.45, 7) is 0. The van der Waals surface area contributed by atoms with E-state index in [0.29, 0.717) is 11.5 Å². The van der Waals surface area contributed by atoms with Crippen molar-refractivity contribution in [2.24, 2.45) is 7.05 Å². The molecular weight excluding hydrogens is 240 g/mol. The number of carbonyl (C=O) groups is 1. The molecule has 0 radical (unpaired) electrons. The monoisotopic (exact) mass is 252 g/mol. The first-order chi connectivity index (χ1) is 9.27. The van der Waals surface area contributed by atoms with Crippen LogP contribution >= 0.6 is 0 Å². The second kappa shape index (κ2) is 4.53. The van der Waals surface area contributed by atoms with Crippen LogP contribution in [0.4, 0.5) is 0 Å². The number of imidazole rings is 1. The Morgan fingerprint density at radius 2 is 1.89 bits per heavy atom. The Kier molecular flexibility index (Phi) is 2.72. The maximum atomic E-state index is 12.4. The zero-order valence-corrected chi connectivity index (χ0v) is 10.4. The number of nitrogens with zero attached hydrogens (tertiary/aromatic N) is 4. The first kappa shape index (κ1) is 11.4. The lowest BCUT2D eigenvalue weighted by atomic mass is 10.2. The molecule has 0 spiro atoms. The molecule has 0 saturated heterocycles. The van der Waals surface area contributed by atoms with E-state index in [1.807, 2.05) is 30.3 Å². The van der Waals surface area contributed by atoms with Crippen LogP contribution in [-0.4, -0.2) is 25.1 Å². The van der Waals surface area contributed by atoms with Crippen LogP contribution in [0.15, 0.2) is 55.0 Å². The van der Waals surface area contributed by atoms with Gasteiger partial charge in [0, 0.05) is 19.4 Å². The van der Waals surface area contributed by atoms with E-state index in [4.69, 9.17) is 0 Å². The zero-order chi connectivity index (χ0) is 13.2. The van der Waals surface area contributed by atoms with E-state index in [1.54, 1.807) is 41.0 Å². The second-order valence-corrected chi connectivity index (χ2v) is 4.15. The van der Waals surface area contributed by atoms with E-state index in [0.717, 1.165) is 5.69 Å². The van der Waals surface area contributed by atoms with Gasteiger partial charge in [0.2, 0.25) is 5.78 Å². The van der Waals surface area contributed by atoms with Crippen molar-refractivity contribution in [2.75, 3.05) is 0 Å². The van der Waals surface area contributed by atoms with Crippen molar-refractivity contribution in [1.82, 2.24) is 19.3 Å². The highest BCUT2D eigenvalue weighted by Gasteiger charge is 2.18. The lowest BCUT2D eigenvalue weighted by Crippen LogP contribution is -2.14. The molecule has 3 aromatic rings. The third-order valence-electron chi connectivity index (χ3n) is 2.90. The fraction of sp³-hybridized carbons (Fsp3) is 0.0714. The lowest BCUT2D eigenvalue weighted by molar-refractivity contribution is 0.101. The summed E-state index contributed by atoms with van der Waals surface area (Å²) in [5.74, 6) is 0.256. The van der Waals surface area contributed by atoms with Gasteiger partial charge in [0.05, 0.1) is 11.9 Å². The summed E-state index contributed by atoms with van der Waals surface area (Å²) >= 11 is 0. The number of hydrogen-bond acceptors (Lipinski definition) is 3. The van der Waals surface area contributed by atoms with Gasteiger partial charge in [-0.3, -0.25) is 4.79 Å². The molecule has 0 N–H and O–H groups in total. The van der Waals surface area contributed by atoms with E-state index >= 15 is 0 Å². The summed E-state index contributed by atoms with van der Waals surface area (Å²) in [6, 6.07) is 11.2. The van der Waals surface area contributed by atoms with E-state index < -0.39 is 0 Å². The van der Waals surface area contributed by atoms with Crippen LogP contribution in [0.2, 0.25) is 0 Å². The molecule has 2 heterocycles. The molecule has 3 rings (SSSR count).